The Bertz CT molecular complexity index is 476. The monoisotopic (exact) mass is 261 g/mol. The summed E-state index contributed by atoms with van der Waals surface area (Å²) in [5.74, 6) is 0. The van der Waals surface area contributed by atoms with Gasteiger partial charge in [-0.05, 0) is 23.9 Å². The zero-order valence-electron chi connectivity index (χ0n) is 9.30. The molecule has 0 unspecified atom stereocenters. The van der Waals surface area contributed by atoms with Gasteiger partial charge in [0.2, 0.25) is 0 Å². The van der Waals surface area contributed by atoms with E-state index in [4.69, 9.17) is 5.11 Å². The number of aliphatic hydroxyl groups excluding tert-OH is 1. The van der Waals surface area contributed by atoms with Crippen LogP contribution in [0.1, 0.15) is 12.5 Å². The fourth-order valence-electron chi connectivity index (χ4n) is 1.19. The Morgan fingerprint density at radius 3 is 2.69 bits per heavy atom. The first-order valence-electron chi connectivity index (χ1n) is 4.67. The fourth-order valence-corrected chi connectivity index (χ4v) is 3.83. The highest BCUT2D eigenvalue weighted by Gasteiger charge is 2.22. The number of nitrogens with zero attached hydrogens (tertiary/aromatic N) is 1. The largest absolute Gasteiger partial charge is 0.392 e. The maximum atomic E-state index is 12.0. The van der Waals surface area contributed by atoms with Gasteiger partial charge in [-0.3, -0.25) is 0 Å². The van der Waals surface area contributed by atoms with Crippen LogP contribution >= 0.6 is 11.3 Å². The molecule has 90 valence electrons. The van der Waals surface area contributed by atoms with Crippen molar-refractivity contribution in [2.24, 2.45) is 0 Å². The van der Waals surface area contributed by atoms with Gasteiger partial charge in [0.25, 0.3) is 10.0 Å². The predicted molar refractivity (Wildman–Crippen MR) is 64.9 cm³/mol. The topological polar surface area (TPSA) is 57.6 Å². The molecule has 0 radical (unpaired) electrons. The molecule has 0 spiro atoms. The van der Waals surface area contributed by atoms with Crippen LogP contribution in [0, 0.1) is 0 Å². The summed E-state index contributed by atoms with van der Waals surface area (Å²) in [7, 11) is -1.93. The molecule has 0 aliphatic heterocycles. The summed E-state index contributed by atoms with van der Waals surface area (Å²) < 4.78 is 25.5. The van der Waals surface area contributed by atoms with E-state index in [1.165, 1.54) is 17.4 Å². The zero-order chi connectivity index (χ0) is 12.3. The van der Waals surface area contributed by atoms with Crippen LogP contribution < -0.4 is 0 Å². The molecule has 0 saturated carbocycles. The average molecular weight is 261 g/mol. The second-order valence-corrected chi connectivity index (χ2v) is 6.83. The van der Waals surface area contributed by atoms with Crippen LogP contribution in [0.15, 0.2) is 27.8 Å². The normalized spacial score (nSPS) is 12.0. The first-order chi connectivity index (χ1) is 7.37. The van der Waals surface area contributed by atoms with Gasteiger partial charge in [0.1, 0.15) is 4.21 Å². The second kappa shape index (κ2) is 5.09. The predicted octanol–water partition coefficient (Wildman–Crippen LogP) is 1.44. The minimum absolute atomic E-state index is 0.143. The fraction of sp³-hybridized carbons (Fsp3) is 0.400. The van der Waals surface area contributed by atoms with E-state index in [9.17, 15) is 8.42 Å². The van der Waals surface area contributed by atoms with Crippen LogP contribution in [0.3, 0.4) is 0 Å². The lowest BCUT2D eigenvalue weighted by molar-refractivity contribution is 0.282. The van der Waals surface area contributed by atoms with Gasteiger partial charge >= 0.3 is 0 Å². The Kier molecular flexibility index (Phi) is 4.26. The van der Waals surface area contributed by atoms with E-state index in [-0.39, 0.29) is 10.8 Å². The number of likely N-dealkylation sites (N-methyl/N-ethyl adjacent to an activating group) is 1. The number of aliphatic hydroxyl groups is 1. The average Bonchev–Trinajstić information content (AvgIpc) is 2.65. The quantitative estimate of drug-likeness (QED) is 0.816. The van der Waals surface area contributed by atoms with Crippen molar-refractivity contribution in [2.75, 3.05) is 13.6 Å². The molecule has 0 aliphatic carbocycles. The third-order valence-electron chi connectivity index (χ3n) is 1.97. The third kappa shape index (κ3) is 2.91. The van der Waals surface area contributed by atoms with Gasteiger partial charge in [0, 0.05) is 13.6 Å². The van der Waals surface area contributed by atoms with Gasteiger partial charge in [-0.15, -0.1) is 11.3 Å². The van der Waals surface area contributed by atoms with Gasteiger partial charge in [0.15, 0.2) is 0 Å². The van der Waals surface area contributed by atoms with Crippen molar-refractivity contribution in [1.29, 1.82) is 0 Å². The summed E-state index contributed by atoms with van der Waals surface area (Å²) in [5.41, 5.74) is 1.40. The molecule has 0 saturated heterocycles. The maximum absolute atomic E-state index is 12.0. The zero-order valence-corrected chi connectivity index (χ0v) is 10.9. The molecule has 0 bridgehead atoms. The molecule has 0 atom stereocenters. The van der Waals surface area contributed by atoms with Crippen molar-refractivity contribution in [3.05, 3.63) is 29.2 Å². The number of sulfonamides is 1. The number of rotatable bonds is 5. The summed E-state index contributed by atoms with van der Waals surface area (Å²) in [6.45, 7) is 5.62. The molecule has 4 nitrogen and oxygen atoms in total. The first kappa shape index (κ1) is 13.4. The Morgan fingerprint density at radius 1 is 1.62 bits per heavy atom. The molecule has 6 heteroatoms. The van der Waals surface area contributed by atoms with Crippen LogP contribution in [-0.4, -0.2) is 31.4 Å². The minimum atomic E-state index is -3.44. The van der Waals surface area contributed by atoms with Gasteiger partial charge in [-0.1, -0.05) is 12.2 Å². The standard InChI is InChI=1S/C10H15NO3S2/c1-8(2)5-11(3)16(13,14)10-4-9(6-12)7-15-10/h4,7,12H,1,5-6H2,2-3H3. The van der Waals surface area contributed by atoms with E-state index in [2.05, 4.69) is 6.58 Å². The van der Waals surface area contributed by atoms with Gasteiger partial charge < -0.3 is 5.11 Å². The lowest BCUT2D eigenvalue weighted by Crippen LogP contribution is -2.27. The molecule has 1 rings (SSSR count). The Balaban J connectivity index is 2.97. The van der Waals surface area contributed by atoms with Crippen molar-refractivity contribution in [1.82, 2.24) is 4.31 Å². The molecule has 0 amide bonds. The highest BCUT2D eigenvalue weighted by Crippen LogP contribution is 2.23. The molecule has 0 aliphatic rings. The number of hydrogen-bond acceptors (Lipinski definition) is 4. The molecule has 1 heterocycles. The van der Waals surface area contributed by atoms with Crippen molar-refractivity contribution in [2.45, 2.75) is 17.7 Å². The van der Waals surface area contributed by atoms with E-state index in [0.29, 0.717) is 12.1 Å². The van der Waals surface area contributed by atoms with Crippen molar-refractivity contribution >= 4 is 21.4 Å². The summed E-state index contributed by atoms with van der Waals surface area (Å²) in [5, 5.41) is 10.5. The molecule has 1 aromatic heterocycles. The number of thiophene rings is 1. The van der Waals surface area contributed by atoms with Gasteiger partial charge in [-0.2, -0.15) is 4.31 Å². The molecule has 1 N–H and O–H groups in total. The van der Waals surface area contributed by atoms with Gasteiger partial charge in [0.05, 0.1) is 6.61 Å². The van der Waals surface area contributed by atoms with Crippen LogP contribution in [0.4, 0.5) is 0 Å². The highest BCUT2D eigenvalue weighted by atomic mass is 32.2. The molecule has 1 aromatic rings. The third-order valence-corrected chi connectivity index (χ3v) is 5.24. The maximum Gasteiger partial charge on any atom is 0.252 e. The van der Waals surface area contributed by atoms with E-state index in [1.54, 1.807) is 12.3 Å². The Labute approximate surface area is 99.9 Å². The van der Waals surface area contributed by atoms with E-state index in [0.717, 1.165) is 16.9 Å². The van der Waals surface area contributed by atoms with Gasteiger partial charge in [-0.25, -0.2) is 8.42 Å². The minimum Gasteiger partial charge on any atom is -0.392 e. The van der Waals surface area contributed by atoms with Crippen LogP contribution in [0.25, 0.3) is 0 Å². The lowest BCUT2D eigenvalue weighted by Gasteiger charge is -2.15. The Hall–Kier alpha value is -0.690. The summed E-state index contributed by atoms with van der Waals surface area (Å²) >= 11 is 1.12. The van der Waals surface area contributed by atoms with Crippen LogP contribution in [0.2, 0.25) is 0 Å². The van der Waals surface area contributed by atoms with Crippen LogP contribution in [0.5, 0.6) is 0 Å². The van der Waals surface area contributed by atoms with Crippen molar-refractivity contribution in [3.8, 4) is 0 Å². The van der Waals surface area contributed by atoms with E-state index >= 15 is 0 Å². The molecular weight excluding hydrogens is 246 g/mol. The molecule has 0 aromatic carbocycles. The lowest BCUT2D eigenvalue weighted by atomic mass is 10.4. The second-order valence-electron chi connectivity index (χ2n) is 3.65. The summed E-state index contributed by atoms with van der Waals surface area (Å²) in [6, 6.07) is 1.49. The SMILES string of the molecule is C=C(C)CN(C)S(=O)(=O)c1cc(CO)cs1. The summed E-state index contributed by atoms with van der Waals surface area (Å²) in [6.07, 6.45) is 0. The van der Waals surface area contributed by atoms with E-state index in [1.807, 2.05) is 0 Å². The molecular formula is C10H15NO3S2. The first-order valence-corrected chi connectivity index (χ1v) is 6.99. The highest BCUT2D eigenvalue weighted by molar-refractivity contribution is 7.91. The molecule has 0 fully saturated rings. The smallest absolute Gasteiger partial charge is 0.252 e. The molecule has 16 heavy (non-hydrogen) atoms. The van der Waals surface area contributed by atoms with E-state index < -0.39 is 10.0 Å². The Morgan fingerprint density at radius 2 is 2.25 bits per heavy atom. The van der Waals surface area contributed by atoms with Crippen molar-refractivity contribution < 1.29 is 13.5 Å². The van der Waals surface area contributed by atoms with Crippen molar-refractivity contribution in [3.63, 3.8) is 0 Å². The number of hydrogen-bond donors (Lipinski definition) is 1. The van der Waals surface area contributed by atoms with Crippen LogP contribution in [-0.2, 0) is 16.6 Å². The summed E-state index contributed by atoms with van der Waals surface area (Å²) in [4.78, 5) is 0.